The number of nitrogens with zero attached hydrogens (tertiary/aromatic N) is 12. The summed E-state index contributed by atoms with van der Waals surface area (Å²) in [6, 6.07) is 0. The van der Waals surface area contributed by atoms with E-state index in [-0.39, 0.29) is 23.2 Å². The molecule has 2 amide bonds. The SMILES string of the molecule is Cc1nn2nnnc2nc1NNC(=O)C(=O)NNc1nc2nnnn2nc1C. The van der Waals surface area contributed by atoms with Gasteiger partial charge in [0.15, 0.2) is 11.6 Å². The van der Waals surface area contributed by atoms with Crippen molar-refractivity contribution in [1.29, 1.82) is 0 Å². The van der Waals surface area contributed by atoms with E-state index in [1.807, 2.05) is 0 Å². The Labute approximate surface area is 153 Å². The van der Waals surface area contributed by atoms with Gasteiger partial charge in [-0.1, -0.05) is 19.5 Å². The van der Waals surface area contributed by atoms with Crippen molar-refractivity contribution in [3.8, 4) is 0 Å². The Morgan fingerprint density at radius 2 is 1.18 bits per heavy atom. The first-order chi connectivity index (χ1) is 13.5. The second-order valence-electron chi connectivity index (χ2n) is 5.19. The lowest BCUT2D eigenvalue weighted by atomic mass is 10.5. The van der Waals surface area contributed by atoms with Crippen molar-refractivity contribution in [2.45, 2.75) is 13.8 Å². The first-order valence-corrected chi connectivity index (χ1v) is 7.49. The van der Waals surface area contributed by atoms with Crippen LogP contribution in [0.2, 0.25) is 0 Å². The molecule has 0 aliphatic rings. The molecule has 18 nitrogen and oxygen atoms in total. The number of hydrazine groups is 2. The van der Waals surface area contributed by atoms with E-state index in [9.17, 15) is 9.59 Å². The molecule has 0 spiro atoms. The number of hydrogen-bond acceptors (Lipinski definition) is 14. The molecule has 142 valence electrons. The summed E-state index contributed by atoms with van der Waals surface area (Å²) in [4.78, 5) is 31.9. The number of carbonyl (C=O) groups excluding carboxylic acids is 2. The molecule has 0 unspecified atom stereocenters. The average Bonchev–Trinajstić information content (AvgIpc) is 3.31. The molecule has 0 bridgehead atoms. The van der Waals surface area contributed by atoms with Gasteiger partial charge in [-0.15, -0.1) is 10.2 Å². The molecule has 0 saturated heterocycles. The van der Waals surface area contributed by atoms with Crippen LogP contribution in [0.4, 0.5) is 11.6 Å². The molecule has 0 aliphatic carbocycles. The molecule has 0 atom stereocenters. The zero-order chi connectivity index (χ0) is 19.7. The quantitative estimate of drug-likeness (QED) is 0.196. The third-order valence-electron chi connectivity index (χ3n) is 3.27. The molecule has 4 aromatic heterocycles. The zero-order valence-electron chi connectivity index (χ0n) is 14.2. The van der Waals surface area contributed by atoms with Gasteiger partial charge in [-0.3, -0.25) is 31.3 Å². The molecule has 28 heavy (non-hydrogen) atoms. The summed E-state index contributed by atoms with van der Waals surface area (Å²) < 4.78 is 2.23. The summed E-state index contributed by atoms with van der Waals surface area (Å²) in [5.41, 5.74) is 10.1. The van der Waals surface area contributed by atoms with Gasteiger partial charge in [0.05, 0.1) is 0 Å². The lowest BCUT2D eigenvalue weighted by Crippen LogP contribution is -2.45. The Morgan fingerprint density at radius 3 is 1.61 bits per heavy atom. The van der Waals surface area contributed by atoms with Crippen LogP contribution in [0.5, 0.6) is 0 Å². The Morgan fingerprint density at radius 1 is 0.750 bits per heavy atom. The Hall–Kier alpha value is -4.64. The van der Waals surface area contributed by atoms with Gasteiger partial charge < -0.3 is 0 Å². The van der Waals surface area contributed by atoms with Crippen molar-refractivity contribution in [2.75, 3.05) is 10.9 Å². The molecular weight excluding hydrogens is 376 g/mol. The second kappa shape index (κ2) is 6.59. The Balaban J connectivity index is 1.36. The van der Waals surface area contributed by atoms with Crippen molar-refractivity contribution < 1.29 is 9.59 Å². The lowest BCUT2D eigenvalue weighted by molar-refractivity contribution is -0.138. The number of nitrogens with one attached hydrogen (secondary N) is 4. The van der Waals surface area contributed by atoms with Crippen molar-refractivity contribution in [3.63, 3.8) is 0 Å². The summed E-state index contributed by atoms with van der Waals surface area (Å²) in [7, 11) is 0. The fourth-order valence-electron chi connectivity index (χ4n) is 1.94. The molecule has 0 radical (unpaired) electrons. The highest BCUT2D eigenvalue weighted by Crippen LogP contribution is 2.07. The maximum Gasteiger partial charge on any atom is 0.329 e. The van der Waals surface area contributed by atoms with E-state index >= 15 is 0 Å². The number of aromatic nitrogens is 12. The average molecular weight is 386 g/mol. The fraction of sp³-hybridized carbons (Fsp3) is 0.200. The van der Waals surface area contributed by atoms with Crippen LogP contribution in [0.3, 0.4) is 0 Å². The molecule has 4 rings (SSSR count). The standard InChI is InChI=1S/C10H10N16O2/c1-3-5(11-9-17-21-23-25(9)19-3)13-15-7(27)8(28)16-14-6-4(2)20-26-10(12-6)18-22-24-26/h1-2H3,(H,15,27)(H,16,28)(H,11,13,17,23)(H,12,14,18,24). The maximum absolute atomic E-state index is 11.9. The van der Waals surface area contributed by atoms with E-state index in [0.29, 0.717) is 11.4 Å². The monoisotopic (exact) mass is 386 g/mol. The van der Waals surface area contributed by atoms with Gasteiger partial charge in [-0.25, -0.2) is 0 Å². The molecule has 0 aliphatic heterocycles. The summed E-state index contributed by atoms with van der Waals surface area (Å²) in [6.07, 6.45) is 0. The van der Waals surface area contributed by atoms with Crippen molar-refractivity contribution in [3.05, 3.63) is 11.4 Å². The molecule has 0 fully saturated rings. The van der Waals surface area contributed by atoms with Crippen LogP contribution in [0.15, 0.2) is 0 Å². The van der Waals surface area contributed by atoms with Crippen LogP contribution in [-0.2, 0) is 9.59 Å². The van der Waals surface area contributed by atoms with Crippen LogP contribution < -0.4 is 21.7 Å². The molecule has 4 heterocycles. The van der Waals surface area contributed by atoms with Gasteiger partial charge in [0.2, 0.25) is 0 Å². The number of rotatable bonds is 4. The van der Waals surface area contributed by atoms with Gasteiger partial charge in [0.25, 0.3) is 11.6 Å². The highest BCUT2D eigenvalue weighted by Gasteiger charge is 2.16. The number of carbonyl (C=O) groups is 2. The lowest BCUT2D eigenvalue weighted by Gasteiger charge is -2.10. The number of fused-ring (bicyclic) bond motifs is 2. The molecule has 4 N–H and O–H groups in total. The van der Waals surface area contributed by atoms with Crippen LogP contribution in [-0.4, -0.2) is 72.3 Å². The third-order valence-corrected chi connectivity index (χ3v) is 3.27. The zero-order valence-corrected chi connectivity index (χ0v) is 14.2. The van der Waals surface area contributed by atoms with E-state index in [4.69, 9.17) is 0 Å². The number of anilines is 2. The normalized spacial score (nSPS) is 10.8. The maximum atomic E-state index is 11.9. The van der Waals surface area contributed by atoms with Gasteiger partial charge in [-0.05, 0) is 34.7 Å². The molecule has 18 heteroatoms. The van der Waals surface area contributed by atoms with Crippen LogP contribution in [0.1, 0.15) is 11.4 Å². The molecule has 4 aromatic rings. The third kappa shape index (κ3) is 3.11. The Kier molecular flexibility index (Phi) is 3.95. The van der Waals surface area contributed by atoms with E-state index in [0.717, 1.165) is 9.26 Å². The molecule has 0 saturated carbocycles. The van der Waals surface area contributed by atoms with E-state index in [1.54, 1.807) is 13.8 Å². The Bertz CT molecular complexity index is 1100. The van der Waals surface area contributed by atoms with Gasteiger partial charge in [-0.2, -0.15) is 9.97 Å². The number of hydrogen-bond donors (Lipinski definition) is 4. The second-order valence-corrected chi connectivity index (χ2v) is 5.19. The topological polar surface area (TPSA) is 220 Å². The van der Waals surface area contributed by atoms with Crippen LogP contribution in [0, 0.1) is 13.8 Å². The van der Waals surface area contributed by atoms with Crippen LogP contribution >= 0.6 is 0 Å². The smallest absolute Gasteiger partial charge is 0.280 e. The van der Waals surface area contributed by atoms with Gasteiger partial charge in [0.1, 0.15) is 11.4 Å². The minimum absolute atomic E-state index is 0.112. The number of aryl methyl sites for hydroxylation is 2. The highest BCUT2D eigenvalue weighted by atomic mass is 16.2. The number of tetrazole rings is 2. The predicted molar refractivity (Wildman–Crippen MR) is 85.7 cm³/mol. The first kappa shape index (κ1) is 16.8. The van der Waals surface area contributed by atoms with Crippen molar-refractivity contribution in [1.82, 2.24) is 71.3 Å². The van der Waals surface area contributed by atoms with E-state index in [1.165, 1.54) is 0 Å². The molecular formula is C10H10N16O2. The summed E-state index contributed by atoms with van der Waals surface area (Å²) in [6.45, 7) is 3.22. The fourth-order valence-corrected chi connectivity index (χ4v) is 1.94. The largest absolute Gasteiger partial charge is 0.329 e. The van der Waals surface area contributed by atoms with E-state index < -0.39 is 11.8 Å². The first-order valence-electron chi connectivity index (χ1n) is 7.49. The molecule has 0 aromatic carbocycles. The van der Waals surface area contributed by atoms with Crippen LogP contribution in [0.25, 0.3) is 11.6 Å². The summed E-state index contributed by atoms with van der Waals surface area (Å²) in [5, 5.41) is 29.3. The van der Waals surface area contributed by atoms with E-state index in [2.05, 4.69) is 72.9 Å². The summed E-state index contributed by atoms with van der Waals surface area (Å²) >= 11 is 0. The number of amides is 2. The predicted octanol–water partition coefficient (Wildman–Crippen LogP) is -3.65. The minimum atomic E-state index is -1.01. The minimum Gasteiger partial charge on any atom is -0.280 e. The van der Waals surface area contributed by atoms with Gasteiger partial charge in [0, 0.05) is 0 Å². The van der Waals surface area contributed by atoms with Crippen molar-refractivity contribution in [2.24, 2.45) is 0 Å². The summed E-state index contributed by atoms with van der Waals surface area (Å²) in [5.74, 6) is -1.46. The van der Waals surface area contributed by atoms with Gasteiger partial charge >= 0.3 is 11.8 Å². The van der Waals surface area contributed by atoms with Crippen molar-refractivity contribution >= 4 is 35.0 Å². The highest BCUT2D eigenvalue weighted by molar-refractivity contribution is 6.35.